The third-order valence-corrected chi connectivity index (χ3v) is 3.40. The van der Waals surface area contributed by atoms with Gasteiger partial charge in [0.15, 0.2) is 0 Å². The largest absolute Gasteiger partial charge is 0.478 e. The molecule has 5 heteroatoms. The average molecular weight is 261 g/mol. The van der Waals surface area contributed by atoms with Crippen molar-refractivity contribution in [1.29, 1.82) is 0 Å². The summed E-state index contributed by atoms with van der Waals surface area (Å²) in [5.41, 5.74) is 0.187. The van der Waals surface area contributed by atoms with Crippen molar-refractivity contribution in [3.63, 3.8) is 0 Å². The van der Waals surface area contributed by atoms with Gasteiger partial charge >= 0.3 is 5.97 Å². The molecule has 0 spiro atoms. The molecule has 0 bridgehead atoms. The highest BCUT2D eigenvalue weighted by molar-refractivity contribution is 7.99. The van der Waals surface area contributed by atoms with Crippen molar-refractivity contribution in [2.45, 2.75) is 11.3 Å². The van der Waals surface area contributed by atoms with Gasteiger partial charge in [-0.2, -0.15) is 0 Å². The second-order valence-electron chi connectivity index (χ2n) is 3.11. The van der Waals surface area contributed by atoms with Crippen LogP contribution in [-0.2, 0) is 4.74 Å². The summed E-state index contributed by atoms with van der Waals surface area (Å²) in [5.74, 6) is -0.172. The van der Waals surface area contributed by atoms with Gasteiger partial charge in [0.2, 0.25) is 0 Å². The first-order chi connectivity index (χ1) is 7.66. The Kier molecular flexibility index (Phi) is 5.66. The molecule has 0 aliphatic rings. The van der Waals surface area contributed by atoms with E-state index in [-0.39, 0.29) is 10.6 Å². The highest BCUT2D eigenvalue weighted by atomic mass is 35.5. The van der Waals surface area contributed by atoms with E-state index in [9.17, 15) is 4.79 Å². The fourth-order valence-corrected chi connectivity index (χ4v) is 2.53. The van der Waals surface area contributed by atoms with Crippen LogP contribution in [0.5, 0.6) is 0 Å². The zero-order chi connectivity index (χ0) is 12.0. The number of halogens is 1. The zero-order valence-electron chi connectivity index (χ0n) is 8.90. The molecule has 1 aromatic rings. The molecular formula is C11H13ClO3S. The smallest absolute Gasteiger partial charge is 0.338 e. The maximum absolute atomic E-state index is 11.0. The van der Waals surface area contributed by atoms with E-state index in [4.69, 9.17) is 21.4 Å². The van der Waals surface area contributed by atoms with Crippen LogP contribution in [0.25, 0.3) is 0 Å². The van der Waals surface area contributed by atoms with Crippen LogP contribution >= 0.6 is 23.4 Å². The van der Waals surface area contributed by atoms with Gasteiger partial charge in [-0.15, -0.1) is 11.8 Å². The lowest BCUT2D eigenvalue weighted by molar-refractivity contribution is 0.0693. The van der Waals surface area contributed by atoms with E-state index < -0.39 is 5.97 Å². The molecule has 1 N–H and O–H groups in total. The number of hydrogen-bond donors (Lipinski definition) is 1. The molecule has 0 radical (unpaired) electrons. The molecule has 0 aromatic heterocycles. The minimum atomic E-state index is -0.986. The molecule has 16 heavy (non-hydrogen) atoms. The molecule has 0 heterocycles. The van der Waals surface area contributed by atoms with Crippen molar-refractivity contribution in [3.8, 4) is 0 Å². The number of carboxylic acids is 1. The van der Waals surface area contributed by atoms with Crippen LogP contribution < -0.4 is 0 Å². The number of thioether (sulfide) groups is 1. The van der Waals surface area contributed by atoms with Gasteiger partial charge < -0.3 is 9.84 Å². The predicted octanol–water partition coefficient (Wildman–Crippen LogP) is 3.17. The molecule has 0 aliphatic carbocycles. The molecule has 3 nitrogen and oxygen atoms in total. The van der Waals surface area contributed by atoms with Crippen LogP contribution in [0.4, 0.5) is 0 Å². The molecule has 0 saturated carbocycles. The number of rotatable bonds is 6. The van der Waals surface area contributed by atoms with Gasteiger partial charge in [-0.1, -0.05) is 17.7 Å². The van der Waals surface area contributed by atoms with Gasteiger partial charge in [0.05, 0.1) is 10.6 Å². The second kappa shape index (κ2) is 6.78. The van der Waals surface area contributed by atoms with E-state index in [1.165, 1.54) is 11.8 Å². The third kappa shape index (κ3) is 3.70. The van der Waals surface area contributed by atoms with Gasteiger partial charge in [0, 0.05) is 24.4 Å². The minimum absolute atomic E-state index is 0.187. The summed E-state index contributed by atoms with van der Waals surface area (Å²) in [7, 11) is 1.65. The van der Waals surface area contributed by atoms with Gasteiger partial charge in [-0.25, -0.2) is 4.79 Å². The quantitative estimate of drug-likeness (QED) is 0.630. The molecular weight excluding hydrogens is 248 g/mol. The van der Waals surface area contributed by atoms with Crippen molar-refractivity contribution in [2.75, 3.05) is 19.5 Å². The van der Waals surface area contributed by atoms with E-state index in [1.807, 2.05) is 0 Å². The van der Waals surface area contributed by atoms with Crippen LogP contribution in [0.2, 0.25) is 5.02 Å². The van der Waals surface area contributed by atoms with E-state index in [1.54, 1.807) is 25.3 Å². The Morgan fingerprint density at radius 1 is 1.56 bits per heavy atom. The van der Waals surface area contributed by atoms with Crippen molar-refractivity contribution in [1.82, 2.24) is 0 Å². The average Bonchev–Trinajstić information content (AvgIpc) is 2.24. The summed E-state index contributed by atoms with van der Waals surface area (Å²) in [4.78, 5) is 11.7. The van der Waals surface area contributed by atoms with Crippen LogP contribution in [0.3, 0.4) is 0 Å². The van der Waals surface area contributed by atoms with Crippen LogP contribution in [0, 0.1) is 0 Å². The molecule has 0 aliphatic heterocycles. The Labute approximate surface area is 104 Å². The Hall–Kier alpha value is -0.710. The number of carbonyl (C=O) groups is 1. The first kappa shape index (κ1) is 13.4. The highest BCUT2D eigenvalue weighted by Crippen LogP contribution is 2.28. The second-order valence-corrected chi connectivity index (χ2v) is 4.66. The minimum Gasteiger partial charge on any atom is -0.478 e. The van der Waals surface area contributed by atoms with E-state index >= 15 is 0 Å². The molecule has 1 rings (SSSR count). The van der Waals surface area contributed by atoms with Gasteiger partial charge in [0.1, 0.15) is 0 Å². The summed E-state index contributed by atoms with van der Waals surface area (Å²) < 4.78 is 4.93. The first-order valence-corrected chi connectivity index (χ1v) is 6.16. The van der Waals surface area contributed by atoms with Crippen LogP contribution in [0.15, 0.2) is 23.1 Å². The summed E-state index contributed by atoms with van der Waals surface area (Å²) in [6, 6.07) is 5.12. The van der Waals surface area contributed by atoms with Crippen molar-refractivity contribution in [2.24, 2.45) is 0 Å². The first-order valence-electron chi connectivity index (χ1n) is 4.80. The summed E-state index contributed by atoms with van der Waals surface area (Å²) in [6.07, 6.45) is 0.882. The molecule has 0 saturated heterocycles. The number of hydrogen-bond acceptors (Lipinski definition) is 3. The molecule has 0 unspecified atom stereocenters. The monoisotopic (exact) mass is 260 g/mol. The lowest BCUT2D eigenvalue weighted by Gasteiger charge is -2.06. The topological polar surface area (TPSA) is 46.5 Å². The fraction of sp³-hybridized carbons (Fsp3) is 0.364. The van der Waals surface area contributed by atoms with Crippen molar-refractivity contribution < 1.29 is 14.6 Å². The van der Waals surface area contributed by atoms with Crippen molar-refractivity contribution in [3.05, 3.63) is 28.8 Å². The fourth-order valence-electron chi connectivity index (χ4n) is 1.22. The standard InChI is InChI=1S/C11H13ClO3S/c1-15-6-3-7-16-9-5-2-4-8(12)10(9)11(13)14/h2,4-5H,3,6-7H2,1H3,(H,13,14). The maximum Gasteiger partial charge on any atom is 0.338 e. The SMILES string of the molecule is COCCCSc1cccc(Cl)c1C(=O)O. The Bertz CT molecular complexity index is 368. The third-order valence-electron chi connectivity index (χ3n) is 1.94. The number of aromatic carboxylic acids is 1. The number of ether oxygens (including phenoxy) is 1. The molecule has 0 fully saturated rings. The lowest BCUT2D eigenvalue weighted by Crippen LogP contribution is -2.00. The maximum atomic E-state index is 11.0. The molecule has 1 aromatic carbocycles. The summed E-state index contributed by atoms with van der Waals surface area (Å²) in [6.45, 7) is 0.677. The normalized spacial score (nSPS) is 10.4. The van der Waals surface area contributed by atoms with Gasteiger partial charge in [-0.05, 0) is 18.6 Å². The summed E-state index contributed by atoms with van der Waals surface area (Å²) in [5, 5.41) is 9.31. The number of carboxylic acid groups (broad SMARTS) is 1. The summed E-state index contributed by atoms with van der Waals surface area (Å²) >= 11 is 7.33. The number of benzene rings is 1. The molecule has 88 valence electrons. The predicted molar refractivity (Wildman–Crippen MR) is 65.6 cm³/mol. The Balaban J connectivity index is 2.71. The van der Waals surface area contributed by atoms with Crippen LogP contribution in [0.1, 0.15) is 16.8 Å². The Morgan fingerprint density at radius 3 is 2.94 bits per heavy atom. The molecule has 0 amide bonds. The molecule has 0 atom stereocenters. The lowest BCUT2D eigenvalue weighted by atomic mass is 10.2. The number of methoxy groups -OCH3 is 1. The Morgan fingerprint density at radius 2 is 2.31 bits per heavy atom. The van der Waals surface area contributed by atoms with E-state index in [0.29, 0.717) is 11.5 Å². The van der Waals surface area contributed by atoms with E-state index in [2.05, 4.69) is 0 Å². The van der Waals surface area contributed by atoms with Gasteiger partial charge in [-0.3, -0.25) is 0 Å². The highest BCUT2D eigenvalue weighted by Gasteiger charge is 2.14. The van der Waals surface area contributed by atoms with Gasteiger partial charge in [0.25, 0.3) is 0 Å². The van der Waals surface area contributed by atoms with E-state index in [0.717, 1.165) is 12.2 Å². The van der Waals surface area contributed by atoms with Crippen molar-refractivity contribution >= 4 is 29.3 Å². The van der Waals surface area contributed by atoms with Crippen LogP contribution in [-0.4, -0.2) is 30.5 Å². The zero-order valence-corrected chi connectivity index (χ0v) is 10.5.